The van der Waals surface area contributed by atoms with Gasteiger partial charge in [-0.2, -0.15) is 0 Å². The Hall–Kier alpha value is -1.32. The lowest BCUT2D eigenvalue weighted by molar-refractivity contribution is 0.133. The fourth-order valence-corrected chi connectivity index (χ4v) is 0.358. The van der Waals surface area contributed by atoms with E-state index in [4.69, 9.17) is 5.53 Å². The van der Waals surface area contributed by atoms with Crippen molar-refractivity contribution in [3.63, 3.8) is 0 Å². The third kappa shape index (κ3) is 0.841. The van der Waals surface area contributed by atoms with E-state index in [0.717, 1.165) is 0 Å². The predicted octanol–water partition coefficient (Wildman–Crippen LogP) is 0.907. The summed E-state index contributed by atoms with van der Waals surface area (Å²) in [7, 11) is 0. The maximum atomic E-state index is 6.45. The fourth-order valence-electron chi connectivity index (χ4n) is 0.358. The molecule has 4 nitrogen and oxygen atoms in total. The Labute approximate surface area is 46.3 Å². The minimum atomic E-state index is 0.271. The molecular weight excluding hydrogens is 106 g/mol. The quantitative estimate of drug-likeness (QED) is 0.494. The van der Waals surface area contributed by atoms with Crippen LogP contribution in [0.3, 0.4) is 0 Å². The van der Waals surface area contributed by atoms with Crippen molar-refractivity contribution in [1.29, 1.82) is 5.53 Å². The van der Waals surface area contributed by atoms with Crippen molar-refractivity contribution in [2.45, 2.75) is 0 Å². The lowest BCUT2D eigenvalue weighted by atomic mass is 10.5. The summed E-state index contributed by atoms with van der Waals surface area (Å²) in [5.41, 5.74) is 8.88. The largest absolute Gasteiger partial charge is 0.361 e. The average Bonchev–Trinajstić information content (AvgIpc) is 1.90. The molecule has 0 saturated heterocycles. The van der Waals surface area contributed by atoms with Crippen LogP contribution >= 0.6 is 0 Å². The molecule has 0 aliphatic carbocycles. The number of hydrogen-bond acceptors (Lipinski definition) is 4. The molecule has 1 aliphatic heterocycles. The molecule has 0 amide bonds. The maximum absolute atomic E-state index is 6.45. The zero-order valence-corrected chi connectivity index (χ0v) is 4.09. The summed E-state index contributed by atoms with van der Waals surface area (Å²) in [4.78, 5) is 4.60. The van der Waals surface area contributed by atoms with Crippen molar-refractivity contribution in [2.24, 2.45) is 5.11 Å². The molecule has 0 aromatic rings. The molecule has 0 atom stereocenters. The highest BCUT2D eigenvalue weighted by Gasteiger charge is 1.93. The number of allylic oxidation sites excluding steroid dienone is 2. The van der Waals surface area contributed by atoms with E-state index in [-0.39, 0.29) is 5.88 Å². The van der Waals surface area contributed by atoms with Crippen LogP contribution in [0.15, 0.2) is 29.3 Å². The van der Waals surface area contributed by atoms with Gasteiger partial charge in [-0.3, -0.25) is 0 Å². The molecule has 0 unspecified atom stereocenters. The molecule has 0 aromatic heterocycles. The topological polar surface area (TPSA) is 57.5 Å². The first-order chi connectivity index (χ1) is 3.93. The zero-order chi connectivity index (χ0) is 5.82. The summed E-state index contributed by atoms with van der Waals surface area (Å²) in [6.07, 6.45) is 4.90. The standard InChI is InChI=1S/C4H5N3O/c5-7-4-2-1-3-6-8-4/h1-3,5-6H. The Kier molecular flexibility index (Phi) is 1.27. The lowest BCUT2D eigenvalue weighted by Gasteiger charge is -2.03. The van der Waals surface area contributed by atoms with Crippen molar-refractivity contribution >= 4 is 0 Å². The minimum Gasteiger partial charge on any atom is -0.361 e. The monoisotopic (exact) mass is 111 g/mol. The Morgan fingerprint density at radius 2 is 2.62 bits per heavy atom. The second-order valence-corrected chi connectivity index (χ2v) is 1.20. The minimum absolute atomic E-state index is 0.271. The molecule has 1 rings (SSSR count). The van der Waals surface area contributed by atoms with Gasteiger partial charge in [0.2, 0.25) is 0 Å². The first kappa shape index (κ1) is 4.83. The predicted molar refractivity (Wildman–Crippen MR) is 26.6 cm³/mol. The van der Waals surface area contributed by atoms with E-state index in [9.17, 15) is 0 Å². The summed E-state index contributed by atoms with van der Waals surface area (Å²) < 4.78 is 0. The highest BCUT2D eigenvalue weighted by atomic mass is 16.7. The summed E-state index contributed by atoms with van der Waals surface area (Å²) in [5, 5.41) is 3.02. The number of rotatable bonds is 1. The van der Waals surface area contributed by atoms with Crippen LogP contribution in [0.4, 0.5) is 0 Å². The number of hydrogen-bond donors (Lipinski definition) is 2. The van der Waals surface area contributed by atoms with Crippen LogP contribution in [-0.2, 0) is 4.84 Å². The van der Waals surface area contributed by atoms with Gasteiger partial charge in [-0.05, 0) is 6.08 Å². The van der Waals surface area contributed by atoms with Gasteiger partial charge in [-0.25, -0.2) is 11.0 Å². The highest BCUT2D eigenvalue weighted by molar-refractivity contribution is 5.07. The van der Waals surface area contributed by atoms with Crippen LogP contribution in [-0.4, -0.2) is 0 Å². The van der Waals surface area contributed by atoms with Gasteiger partial charge < -0.3 is 4.84 Å². The SMILES string of the molecule is N=NC1=CC=CNO1. The van der Waals surface area contributed by atoms with Crippen molar-refractivity contribution in [2.75, 3.05) is 0 Å². The van der Waals surface area contributed by atoms with E-state index in [2.05, 4.69) is 15.4 Å². The number of hydroxylamine groups is 1. The van der Waals surface area contributed by atoms with Crippen molar-refractivity contribution < 1.29 is 4.84 Å². The van der Waals surface area contributed by atoms with Crippen LogP contribution in [0.2, 0.25) is 0 Å². The Morgan fingerprint density at radius 3 is 3.00 bits per heavy atom. The maximum Gasteiger partial charge on any atom is 0.264 e. The molecule has 4 heteroatoms. The Balaban J connectivity index is 2.63. The van der Waals surface area contributed by atoms with E-state index < -0.39 is 0 Å². The van der Waals surface area contributed by atoms with E-state index in [1.807, 2.05) is 0 Å². The fraction of sp³-hybridized carbons (Fsp3) is 0. The van der Waals surface area contributed by atoms with Gasteiger partial charge in [0, 0.05) is 12.3 Å². The molecule has 0 saturated carbocycles. The summed E-state index contributed by atoms with van der Waals surface area (Å²) >= 11 is 0. The number of nitrogens with one attached hydrogen (secondary N) is 2. The molecule has 0 spiro atoms. The number of nitrogens with zero attached hydrogens (tertiary/aromatic N) is 1. The van der Waals surface area contributed by atoms with E-state index >= 15 is 0 Å². The zero-order valence-electron chi connectivity index (χ0n) is 4.09. The van der Waals surface area contributed by atoms with Gasteiger partial charge in [-0.1, -0.05) is 0 Å². The first-order valence-electron chi connectivity index (χ1n) is 2.10. The molecular formula is C4H5N3O. The molecule has 0 fully saturated rings. The van der Waals surface area contributed by atoms with Crippen LogP contribution in [0, 0.1) is 5.53 Å². The highest BCUT2D eigenvalue weighted by Crippen LogP contribution is 1.99. The smallest absolute Gasteiger partial charge is 0.264 e. The summed E-state index contributed by atoms with van der Waals surface area (Å²) in [6, 6.07) is 0. The van der Waals surface area contributed by atoms with Crippen LogP contribution in [0.5, 0.6) is 0 Å². The van der Waals surface area contributed by atoms with Crippen LogP contribution in [0.25, 0.3) is 0 Å². The molecule has 1 heterocycles. The van der Waals surface area contributed by atoms with E-state index in [1.165, 1.54) is 0 Å². The summed E-state index contributed by atoms with van der Waals surface area (Å²) in [5.74, 6) is 0.271. The van der Waals surface area contributed by atoms with Crippen molar-refractivity contribution in [3.8, 4) is 0 Å². The Morgan fingerprint density at radius 1 is 1.75 bits per heavy atom. The Bertz CT molecular complexity index is 149. The van der Waals surface area contributed by atoms with Gasteiger partial charge in [0.15, 0.2) is 0 Å². The first-order valence-corrected chi connectivity index (χ1v) is 2.10. The van der Waals surface area contributed by atoms with E-state index in [0.29, 0.717) is 0 Å². The average molecular weight is 111 g/mol. The van der Waals surface area contributed by atoms with Crippen LogP contribution in [0.1, 0.15) is 0 Å². The van der Waals surface area contributed by atoms with Gasteiger partial charge >= 0.3 is 0 Å². The van der Waals surface area contributed by atoms with Gasteiger partial charge in [0.05, 0.1) is 0 Å². The third-order valence-electron chi connectivity index (χ3n) is 0.677. The van der Waals surface area contributed by atoms with E-state index in [1.54, 1.807) is 18.4 Å². The molecule has 0 bridgehead atoms. The molecule has 0 aromatic carbocycles. The van der Waals surface area contributed by atoms with Crippen molar-refractivity contribution in [1.82, 2.24) is 5.48 Å². The van der Waals surface area contributed by atoms with Crippen LogP contribution < -0.4 is 5.48 Å². The van der Waals surface area contributed by atoms with Gasteiger partial charge in [0.1, 0.15) is 0 Å². The second kappa shape index (κ2) is 2.11. The summed E-state index contributed by atoms with van der Waals surface area (Å²) in [6.45, 7) is 0. The molecule has 1 aliphatic rings. The van der Waals surface area contributed by atoms with Gasteiger partial charge in [0.25, 0.3) is 5.88 Å². The molecule has 42 valence electrons. The van der Waals surface area contributed by atoms with Crippen molar-refractivity contribution in [3.05, 3.63) is 24.2 Å². The molecule has 8 heavy (non-hydrogen) atoms. The second-order valence-electron chi connectivity index (χ2n) is 1.20. The molecule has 2 N–H and O–H groups in total. The lowest BCUT2D eigenvalue weighted by Crippen LogP contribution is -2.07. The normalized spacial score (nSPS) is 15.8. The molecule has 0 radical (unpaired) electrons. The van der Waals surface area contributed by atoms with Gasteiger partial charge in [-0.15, -0.1) is 5.11 Å². The third-order valence-corrected chi connectivity index (χ3v) is 0.677.